The van der Waals surface area contributed by atoms with Crippen LogP contribution >= 0.6 is 15.6 Å². The zero-order chi connectivity index (χ0) is 71.8. The van der Waals surface area contributed by atoms with E-state index < -0.39 is 97.5 Å². The van der Waals surface area contributed by atoms with Crippen LogP contribution in [0.25, 0.3) is 0 Å². The molecule has 5 atom stereocenters. The maximum Gasteiger partial charge on any atom is 0.472 e. The first kappa shape index (κ1) is 94.5. The fourth-order valence-electron chi connectivity index (χ4n) is 10.8. The molecule has 0 aromatic rings. The molecule has 19 heteroatoms. The summed E-state index contributed by atoms with van der Waals surface area (Å²) in [6.45, 7) is 4.73. The number of unbranched alkanes of at least 4 members (excludes halogenated alkanes) is 36. The number of carbonyl (C=O) groups is 4. The summed E-state index contributed by atoms with van der Waals surface area (Å²) in [7, 11) is -9.95. The Morgan fingerprint density at radius 2 is 0.531 bits per heavy atom. The predicted octanol–water partition coefficient (Wildman–Crippen LogP) is 22.4. The maximum absolute atomic E-state index is 13.1. The fraction of sp³-hybridized carbons (Fsp3) is 0.797. The Morgan fingerprint density at radius 1 is 0.296 bits per heavy atom. The molecule has 5 unspecified atom stereocenters. The van der Waals surface area contributed by atoms with E-state index in [4.69, 9.17) is 37.0 Å². The molecule has 0 heterocycles. The lowest BCUT2D eigenvalue weighted by Crippen LogP contribution is -2.30. The summed E-state index contributed by atoms with van der Waals surface area (Å²) in [6.07, 6.45) is 71.9. The Morgan fingerprint density at radius 3 is 0.816 bits per heavy atom. The minimum absolute atomic E-state index is 0.0401. The molecular weight excluding hydrogens is 1280 g/mol. The van der Waals surface area contributed by atoms with Crippen molar-refractivity contribution < 1.29 is 80.2 Å². The fourth-order valence-corrected chi connectivity index (χ4v) is 12.4. The maximum atomic E-state index is 13.1. The van der Waals surface area contributed by atoms with Crippen LogP contribution in [0.3, 0.4) is 0 Å². The molecule has 570 valence electrons. The summed E-state index contributed by atoms with van der Waals surface area (Å²) in [4.78, 5) is 72.8. The van der Waals surface area contributed by atoms with Gasteiger partial charge in [-0.1, -0.05) is 332 Å². The highest BCUT2D eigenvalue weighted by Crippen LogP contribution is 2.45. The number of phosphoric ester groups is 2. The normalized spacial score (nSPS) is 14.3. The number of hydrogen-bond acceptors (Lipinski definition) is 15. The van der Waals surface area contributed by atoms with Gasteiger partial charge in [0.05, 0.1) is 26.4 Å². The van der Waals surface area contributed by atoms with Crippen molar-refractivity contribution in [2.75, 3.05) is 39.6 Å². The third-order valence-corrected chi connectivity index (χ3v) is 18.6. The van der Waals surface area contributed by atoms with Crippen LogP contribution in [0.2, 0.25) is 0 Å². The van der Waals surface area contributed by atoms with Crippen molar-refractivity contribution >= 4 is 39.5 Å². The van der Waals surface area contributed by atoms with Crippen LogP contribution in [0.5, 0.6) is 0 Å². The summed E-state index contributed by atoms with van der Waals surface area (Å²) >= 11 is 0. The number of hydrogen-bond donors (Lipinski definition) is 3. The average molecular weight is 1430 g/mol. The molecule has 0 aliphatic heterocycles. The monoisotopic (exact) mass is 1420 g/mol. The molecule has 0 aromatic heterocycles. The Bertz CT molecular complexity index is 2140. The van der Waals surface area contributed by atoms with Gasteiger partial charge in [-0.25, -0.2) is 9.13 Å². The number of ether oxygens (including phenoxy) is 4. The van der Waals surface area contributed by atoms with Crippen molar-refractivity contribution in [3.63, 3.8) is 0 Å². The van der Waals surface area contributed by atoms with Crippen LogP contribution in [0, 0.1) is 0 Å². The van der Waals surface area contributed by atoms with Crippen molar-refractivity contribution in [3.05, 3.63) is 72.9 Å². The summed E-state index contributed by atoms with van der Waals surface area (Å²) in [5.41, 5.74) is 0. The van der Waals surface area contributed by atoms with Gasteiger partial charge in [0.1, 0.15) is 19.3 Å². The lowest BCUT2D eigenvalue weighted by molar-refractivity contribution is -0.161. The molecule has 0 fully saturated rings. The van der Waals surface area contributed by atoms with E-state index in [9.17, 15) is 43.2 Å². The van der Waals surface area contributed by atoms with Gasteiger partial charge < -0.3 is 33.8 Å². The number of rotatable bonds is 74. The van der Waals surface area contributed by atoms with Crippen molar-refractivity contribution in [2.24, 2.45) is 0 Å². The minimum Gasteiger partial charge on any atom is -0.462 e. The molecular formula is C79H142O17P2. The van der Waals surface area contributed by atoms with Gasteiger partial charge in [0.15, 0.2) is 12.2 Å². The minimum atomic E-state index is -4.98. The second-order valence-electron chi connectivity index (χ2n) is 26.3. The highest BCUT2D eigenvalue weighted by molar-refractivity contribution is 7.47. The van der Waals surface area contributed by atoms with Gasteiger partial charge >= 0.3 is 39.5 Å². The van der Waals surface area contributed by atoms with Gasteiger partial charge in [-0.05, 0) is 64.2 Å². The molecule has 0 spiro atoms. The molecule has 3 N–H and O–H groups in total. The third kappa shape index (κ3) is 70.9. The second-order valence-corrected chi connectivity index (χ2v) is 29.2. The van der Waals surface area contributed by atoms with E-state index in [0.29, 0.717) is 32.1 Å². The molecule has 0 aliphatic carbocycles. The van der Waals surface area contributed by atoms with E-state index in [-0.39, 0.29) is 25.7 Å². The molecule has 0 radical (unpaired) electrons. The van der Waals surface area contributed by atoms with Crippen LogP contribution in [0.4, 0.5) is 0 Å². The van der Waals surface area contributed by atoms with Crippen LogP contribution < -0.4 is 0 Å². The molecule has 0 saturated carbocycles. The first-order valence-corrected chi connectivity index (χ1v) is 42.2. The predicted molar refractivity (Wildman–Crippen MR) is 400 cm³/mol. The Hall–Kier alpha value is -3.50. The smallest absolute Gasteiger partial charge is 0.462 e. The Balaban J connectivity index is 5.33. The van der Waals surface area contributed by atoms with Crippen LogP contribution in [-0.2, 0) is 65.4 Å². The molecule has 0 aliphatic rings. The number of allylic oxidation sites excluding steroid dienone is 12. The van der Waals surface area contributed by atoms with E-state index in [0.717, 1.165) is 103 Å². The van der Waals surface area contributed by atoms with Gasteiger partial charge in [0.25, 0.3) is 0 Å². The zero-order valence-electron chi connectivity index (χ0n) is 62.2. The van der Waals surface area contributed by atoms with E-state index in [2.05, 4.69) is 82.4 Å². The first-order valence-electron chi connectivity index (χ1n) is 39.2. The number of phosphoric acid groups is 2. The molecule has 0 saturated heterocycles. The summed E-state index contributed by atoms with van der Waals surface area (Å²) < 4.78 is 68.4. The summed E-state index contributed by atoms with van der Waals surface area (Å²) in [5, 5.41) is 10.6. The molecule has 98 heavy (non-hydrogen) atoms. The highest BCUT2D eigenvalue weighted by Gasteiger charge is 2.30. The molecule has 0 rings (SSSR count). The third-order valence-electron chi connectivity index (χ3n) is 16.7. The zero-order valence-corrected chi connectivity index (χ0v) is 64.0. The van der Waals surface area contributed by atoms with Crippen molar-refractivity contribution in [1.82, 2.24) is 0 Å². The summed E-state index contributed by atoms with van der Waals surface area (Å²) in [6, 6.07) is 0. The number of aliphatic hydroxyl groups excluding tert-OH is 1. The topological polar surface area (TPSA) is 237 Å². The van der Waals surface area contributed by atoms with Gasteiger partial charge in [-0.15, -0.1) is 0 Å². The SMILES string of the molecule is CC/C=C\C/C=C\C/C=C\C/C=C\C/C=C\C/C=C\CCC(=O)OCC(COP(=O)(O)OCC(O)COP(=O)(O)OCC(COC(=O)CCCCCCCCCCCCCCCCC)OC(=O)CCCCCCCCCCCCCCC)OC(=O)CCCCCCCCCCCCC. The van der Waals surface area contributed by atoms with Crippen molar-refractivity contribution in [2.45, 2.75) is 367 Å². The second kappa shape index (κ2) is 71.9. The van der Waals surface area contributed by atoms with Crippen LogP contribution in [-0.4, -0.2) is 96.7 Å². The lowest BCUT2D eigenvalue weighted by Gasteiger charge is -2.21. The van der Waals surface area contributed by atoms with Crippen molar-refractivity contribution in [1.29, 1.82) is 0 Å². The first-order chi connectivity index (χ1) is 47.7. The Labute approximate surface area is 596 Å². The van der Waals surface area contributed by atoms with Crippen LogP contribution in [0.1, 0.15) is 349 Å². The van der Waals surface area contributed by atoms with Gasteiger partial charge in [0, 0.05) is 25.7 Å². The van der Waals surface area contributed by atoms with Gasteiger partial charge in [-0.2, -0.15) is 0 Å². The number of esters is 4. The quantitative estimate of drug-likeness (QED) is 0.0169. The largest absolute Gasteiger partial charge is 0.472 e. The highest BCUT2D eigenvalue weighted by atomic mass is 31.2. The molecule has 17 nitrogen and oxygen atoms in total. The molecule has 0 bridgehead atoms. The Kier molecular flexibility index (Phi) is 69.3. The van der Waals surface area contributed by atoms with Gasteiger partial charge in [0.2, 0.25) is 0 Å². The molecule has 0 amide bonds. The van der Waals surface area contributed by atoms with Crippen molar-refractivity contribution in [3.8, 4) is 0 Å². The lowest BCUT2D eigenvalue weighted by atomic mass is 10.0. The number of aliphatic hydroxyl groups is 1. The standard InChI is InChI=1S/C79H142O17P2/c1-5-9-13-17-21-25-29-32-34-35-36-37-39-42-45-48-52-56-60-64-77(82)89-69-74(95-78(83)65-61-57-53-49-43-28-24-20-16-12-8-4)71-93-97(85,86)91-67-73(80)68-92-98(87,88)94-72-75(96-79(84)66-62-58-54-50-46-40-31-27-23-19-15-11-7-3)70-90-76(81)63-59-55-51-47-44-41-38-33-30-26-22-18-14-10-6-2/h9,13,21,25,32,34,36-37,42,45,52,56,73-75,80H,5-8,10-12,14-20,22-24,26-31,33,35,38-41,43-44,46-51,53-55,57-72H2,1-4H3,(H,85,86)(H,87,88)/b13-9-,25-21-,34-32-,37-36-,45-42-,56-52-. The van der Waals surface area contributed by atoms with E-state index in [1.165, 1.54) is 161 Å². The molecule has 0 aromatic carbocycles. The summed E-state index contributed by atoms with van der Waals surface area (Å²) in [5.74, 6) is -2.24. The average Bonchev–Trinajstić information content (AvgIpc) is 1.00. The van der Waals surface area contributed by atoms with Crippen LogP contribution in [0.15, 0.2) is 72.9 Å². The van der Waals surface area contributed by atoms with E-state index in [1.54, 1.807) is 0 Å². The van der Waals surface area contributed by atoms with E-state index >= 15 is 0 Å². The van der Waals surface area contributed by atoms with Gasteiger partial charge in [-0.3, -0.25) is 37.3 Å². The van der Waals surface area contributed by atoms with E-state index in [1.807, 2.05) is 18.2 Å². The number of carbonyl (C=O) groups excluding carboxylic acids is 4.